The second kappa shape index (κ2) is 7.97. The van der Waals surface area contributed by atoms with E-state index in [1.54, 1.807) is 11.9 Å². The first-order chi connectivity index (χ1) is 12.1. The summed E-state index contributed by atoms with van der Waals surface area (Å²) in [6.45, 7) is 2.95. The molecule has 1 aliphatic carbocycles. The number of amides is 2. The van der Waals surface area contributed by atoms with E-state index in [0.29, 0.717) is 31.2 Å². The van der Waals surface area contributed by atoms with Crippen molar-refractivity contribution in [3.8, 4) is 0 Å². The summed E-state index contributed by atoms with van der Waals surface area (Å²) in [5.41, 5.74) is 0. The van der Waals surface area contributed by atoms with Gasteiger partial charge in [-0.1, -0.05) is 31.3 Å². The van der Waals surface area contributed by atoms with Gasteiger partial charge in [0.25, 0.3) is 0 Å². The van der Waals surface area contributed by atoms with Crippen molar-refractivity contribution in [3.05, 3.63) is 11.7 Å². The van der Waals surface area contributed by atoms with Crippen LogP contribution in [0.25, 0.3) is 0 Å². The van der Waals surface area contributed by atoms with Crippen LogP contribution in [0.15, 0.2) is 4.52 Å². The minimum atomic E-state index is -0.336. The fourth-order valence-corrected chi connectivity index (χ4v) is 3.91. The highest BCUT2D eigenvalue weighted by Crippen LogP contribution is 2.29. The van der Waals surface area contributed by atoms with Gasteiger partial charge < -0.3 is 14.3 Å². The molecule has 25 heavy (non-hydrogen) atoms. The van der Waals surface area contributed by atoms with Crippen LogP contribution in [-0.2, 0) is 22.6 Å². The number of aryl methyl sites for hydroxylation is 1. The Labute approximate surface area is 148 Å². The van der Waals surface area contributed by atoms with Crippen LogP contribution in [0, 0.1) is 5.92 Å². The lowest BCUT2D eigenvalue weighted by Crippen LogP contribution is -2.48. The van der Waals surface area contributed by atoms with Gasteiger partial charge in [0.1, 0.15) is 6.04 Å². The molecule has 1 aromatic rings. The molecule has 1 atom stereocenters. The smallest absolute Gasteiger partial charge is 0.245 e. The average Bonchev–Trinajstić information content (AvgIpc) is 3.30. The van der Waals surface area contributed by atoms with E-state index in [9.17, 15) is 9.59 Å². The molecule has 1 aliphatic heterocycles. The number of carbonyl (C=O) groups is 2. The summed E-state index contributed by atoms with van der Waals surface area (Å²) in [4.78, 5) is 33.4. The molecule has 2 amide bonds. The molecule has 7 heteroatoms. The maximum absolute atomic E-state index is 12.9. The summed E-state index contributed by atoms with van der Waals surface area (Å²) < 4.78 is 5.09. The van der Waals surface area contributed by atoms with Crippen LogP contribution >= 0.6 is 0 Å². The topological polar surface area (TPSA) is 79.5 Å². The number of nitrogens with zero attached hydrogens (tertiary/aromatic N) is 4. The molecule has 0 aromatic carbocycles. The standard InChI is InChI=1S/C18H28N4O3/c1-3-16-19-15(20-25-16)12-21(2)18(24)14-10-7-11-22(14)17(23)13-8-5-4-6-9-13/h13-14H,3-12H2,1-2H3/t14-/m1/s1. The summed E-state index contributed by atoms with van der Waals surface area (Å²) in [6.07, 6.45) is 7.72. The zero-order valence-corrected chi connectivity index (χ0v) is 15.2. The fourth-order valence-electron chi connectivity index (χ4n) is 3.91. The van der Waals surface area contributed by atoms with Crippen molar-refractivity contribution in [2.45, 2.75) is 70.9 Å². The lowest BCUT2D eigenvalue weighted by molar-refractivity contribution is -0.146. The molecule has 0 unspecified atom stereocenters. The Morgan fingerprint density at radius 2 is 1.96 bits per heavy atom. The van der Waals surface area contributed by atoms with E-state index in [1.165, 1.54) is 6.42 Å². The number of hydrogen-bond acceptors (Lipinski definition) is 5. The fraction of sp³-hybridized carbons (Fsp3) is 0.778. The predicted octanol–water partition coefficient (Wildman–Crippen LogP) is 2.16. The summed E-state index contributed by atoms with van der Waals surface area (Å²) in [6, 6.07) is -0.336. The molecular formula is C18H28N4O3. The highest BCUT2D eigenvalue weighted by Gasteiger charge is 2.38. The Kier molecular flexibility index (Phi) is 5.71. The predicted molar refractivity (Wildman–Crippen MR) is 91.5 cm³/mol. The Morgan fingerprint density at radius 1 is 1.20 bits per heavy atom. The van der Waals surface area contributed by atoms with Gasteiger partial charge in [-0.15, -0.1) is 0 Å². The SMILES string of the molecule is CCc1nc(CN(C)C(=O)[C@H]2CCCN2C(=O)C2CCCCC2)no1. The molecule has 1 saturated carbocycles. The number of carbonyl (C=O) groups excluding carboxylic acids is 2. The van der Waals surface area contributed by atoms with Gasteiger partial charge in [-0.25, -0.2) is 0 Å². The summed E-state index contributed by atoms with van der Waals surface area (Å²) >= 11 is 0. The minimum absolute atomic E-state index is 0.0236. The number of rotatable bonds is 5. The molecular weight excluding hydrogens is 320 g/mol. The maximum atomic E-state index is 12.9. The Bertz CT molecular complexity index is 609. The normalized spacial score (nSPS) is 21.5. The molecule has 3 rings (SSSR count). The van der Waals surface area contributed by atoms with Crippen molar-refractivity contribution in [2.24, 2.45) is 5.92 Å². The van der Waals surface area contributed by atoms with Crippen LogP contribution in [0.5, 0.6) is 0 Å². The molecule has 0 N–H and O–H groups in total. The third-order valence-electron chi connectivity index (χ3n) is 5.34. The highest BCUT2D eigenvalue weighted by molar-refractivity contribution is 5.89. The van der Waals surface area contributed by atoms with Gasteiger partial charge in [-0.3, -0.25) is 9.59 Å². The summed E-state index contributed by atoms with van der Waals surface area (Å²) in [5, 5.41) is 3.90. The van der Waals surface area contributed by atoms with Crippen LogP contribution in [-0.4, -0.2) is 51.4 Å². The van der Waals surface area contributed by atoms with Crippen LogP contribution in [0.4, 0.5) is 0 Å². The van der Waals surface area contributed by atoms with Gasteiger partial charge in [-0.2, -0.15) is 4.98 Å². The molecule has 1 aromatic heterocycles. The third kappa shape index (κ3) is 4.02. The van der Waals surface area contributed by atoms with E-state index in [0.717, 1.165) is 38.5 Å². The van der Waals surface area contributed by atoms with E-state index in [4.69, 9.17) is 4.52 Å². The van der Waals surface area contributed by atoms with Crippen molar-refractivity contribution in [3.63, 3.8) is 0 Å². The molecule has 138 valence electrons. The van der Waals surface area contributed by atoms with Crippen molar-refractivity contribution in [1.82, 2.24) is 19.9 Å². The van der Waals surface area contributed by atoms with E-state index in [2.05, 4.69) is 10.1 Å². The number of likely N-dealkylation sites (N-methyl/N-ethyl adjacent to an activating group) is 1. The molecule has 1 saturated heterocycles. The van der Waals surface area contributed by atoms with Crippen LogP contribution in [0.1, 0.15) is 63.6 Å². The number of hydrogen-bond donors (Lipinski definition) is 0. The lowest BCUT2D eigenvalue weighted by atomic mass is 9.88. The van der Waals surface area contributed by atoms with Crippen molar-refractivity contribution < 1.29 is 14.1 Å². The van der Waals surface area contributed by atoms with Gasteiger partial charge in [0.2, 0.25) is 17.7 Å². The van der Waals surface area contributed by atoms with Gasteiger partial charge in [0.15, 0.2) is 5.82 Å². The molecule has 0 spiro atoms. The second-order valence-corrected chi connectivity index (χ2v) is 7.18. The van der Waals surface area contributed by atoms with Gasteiger partial charge in [0.05, 0.1) is 6.54 Å². The zero-order chi connectivity index (χ0) is 17.8. The average molecular weight is 348 g/mol. The molecule has 0 radical (unpaired) electrons. The maximum Gasteiger partial charge on any atom is 0.245 e. The quantitative estimate of drug-likeness (QED) is 0.815. The van der Waals surface area contributed by atoms with Crippen molar-refractivity contribution in [2.75, 3.05) is 13.6 Å². The van der Waals surface area contributed by atoms with Crippen LogP contribution in [0.3, 0.4) is 0 Å². The molecule has 0 bridgehead atoms. The van der Waals surface area contributed by atoms with E-state index in [1.807, 2.05) is 11.8 Å². The molecule has 2 heterocycles. The zero-order valence-electron chi connectivity index (χ0n) is 15.2. The largest absolute Gasteiger partial charge is 0.339 e. The molecule has 2 aliphatic rings. The third-order valence-corrected chi connectivity index (χ3v) is 5.34. The number of likely N-dealkylation sites (tertiary alicyclic amines) is 1. The van der Waals surface area contributed by atoms with Crippen LogP contribution in [0.2, 0.25) is 0 Å². The van der Waals surface area contributed by atoms with Gasteiger partial charge in [-0.05, 0) is 25.7 Å². The summed E-state index contributed by atoms with van der Waals surface area (Å²) in [5.74, 6) is 1.35. The first kappa shape index (κ1) is 17.9. The Balaban J connectivity index is 1.62. The monoisotopic (exact) mass is 348 g/mol. The first-order valence-corrected chi connectivity index (χ1v) is 9.47. The van der Waals surface area contributed by atoms with Crippen LogP contribution < -0.4 is 0 Å². The van der Waals surface area contributed by atoms with E-state index >= 15 is 0 Å². The van der Waals surface area contributed by atoms with Crippen molar-refractivity contribution >= 4 is 11.8 Å². The second-order valence-electron chi connectivity index (χ2n) is 7.18. The Morgan fingerprint density at radius 3 is 2.64 bits per heavy atom. The van der Waals surface area contributed by atoms with Crippen molar-refractivity contribution in [1.29, 1.82) is 0 Å². The van der Waals surface area contributed by atoms with E-state index < -0.39 is 0 Å². The first-order valence-electron chi connectivity index (χ1n) is 9.47. The van der Waals surface area contributed by atoms with Gasteiger partial charge in [0, 0.05) is 25.9 Å². The molecule has 7 nitrogen and oxygen atoms in total. The summed E-state index contributed by atoms with van der Waals surface area (Å²) in [7, 11) is 1.74. The van der Waals surface area contributed by atoms with E-state index in [-0.39, 0.29) is 23.8 Å². The van der Waals surface area contributed by atoms with Gasteiger partial charge >= 0.3 is 0 Å². The minimum Gasteiger partial charge on any atom is -0.339 e. The Hall–Kier alpha value is -1.92. The number of aromatic nitrogens is 2. The molecule has 2 fully saturated rings. The highest BCUT2D eigenvalue weighted by atomic mass is 16.5. The lowest BCUT2D eigenvalue weighted by Gasteiger charge is -2.31.